The van der Waals surface area contributed by atoms with Crippen molar-refractivity contribution in [2.45, 2.75) is 13.3 Å². The zero-order valence-corrected chi connectivity index (χ0v) is 11.5. The van der Waals surface area contributed by atoms with Crippen molar-refractivity contribution in [3.8, 4) is 0 Å². The van der Waals surface area contributed by atoms with Crippen LogP contribution in [0.25, 0.3) is 0 Å². The summed E-state index contributed by atoms with van der Waals surface area (Å²) in [6.45, 7) is 1.90. The van der Waals surface area contributed by atoms with Gasteiger partial charge in [-0.25, -0.2) is 4.79 Å². The second-order valence-electron chi connectivity index (χ2n) is 3.85. The van der Waals surface area contributed by atoms with Gasteiger partial charge in [0.15, 0.2) is 6.61 Å². The van der Waals surface area contributed by atoms with Crippen molar-refractivity contribution in [2.75, 3.05) is 13.2 Å². The first-order valence-electron chi connectivity index (χ1n) is 5.83. The van der Waals surface area contributed by atoms with E-state index in [9.17, 15) is 19.7 Å². The van der Waals surface area contributed by atoms with E-state index in [1.807, 2.05) is 6.92 Å². The van der Waals surface area contributed by atoms with Crippen LogP contribution in [0.3, 0.4) is 0 Å². The first kappa shape index (κ1) is 15.9. The summed E-state index contributed by atoms with van der Waals surface area (Å²) in [5.74, 6) is -1.33. The van der Waals surface area contributed by atoms with Crippen LogP contribution in [0.4, 0.5) is 5.69 Å². The van der Waals surface area contributed by atoms with Crippen molar-refractivity contribution >= 4 is 29.2 Å². The molecule has 1 amide bonds. The summed E-state index contributed by atoms with van der Waals surface area (Å²) < 4.78 is 4.74. The SMILES string of the molecule is CCCNC(=O)COC(=O)c1cc([N+](=O)[O-])ccc1Cl. The topological polar surface area (TPSA) is 98.5 Å². The Morgan fingerprint density at radius 3 is 2.75 bits per heavy atom. The summed E-state index contributed by atoms with van der Waals surface area (Å²) >= 11 is 5.77. The third-order valence-corrected chi connectivity index (χ3v) is 2.62. The normalized spacial score (nSPS) is 9.90. The van der Waals surface area contributed by atoms with Crippen LogP contribution >= 0.6 is 11.6 Å². The average Bonchev–Trinajstić information content (AvgIpc) is 2.42. The van der Waals surface area contributed by atoms with Crippen molar-refractivity contribution in [3.05, 3.63) is 38.9 Å². The van der Waals surface area contributed by atoms with Crippen LogP contribution < -0.4 is 5.32 Å². The molecule has 0 aliphatic heterocycles. The fourth-order valence-electron chi connectivity index (χ4n) is 1.31. The third kappa shape index (κ3) is 4.51. The Bertz CT molecular complexity index is 533. The number of halogens is 1. The van der Waals surface area contributed by atoms with Gasteiger partial charge in [0.1, 0.15) is 0 Å². The lowest BCUT2D eigenvalue weighted by Crippen LogP contribution is -2.29. The van der Waals surface area contributed by atoms with Crippen LogP contribution in [-0.2, 0) is 9.53 Å². The number of carbonyl (C=O) groups excluding carboxylic acids is 2. The molecule has 108 valence electrons. The van der Waals surface area contributed by atoms with Gasteiger partial charge in [-0.3, -0.25) is 14.9 Å². The molecule has 8 heteroatoms. The quantitative estimate of drug-likeness (QED) is 0.491. The number of ether oxygens (including phenoxy) is 1. The van der Waals surface area contributed by atoms with Crippen LogP contribution in [-0.4, -0.2) is 30.0 Å². The van der Waals surface area contributed by atoms with Gasteiger partial charge in [-0.1, -0.05) is 18.5 Å². The maximum absolute atomic E-state index is 11.7. The van der Waals surface area contributed by atoms with Gasteiger partial charge >= 0.3 is 5.97 Å². The maximum Gasteiger partial charge on any atom is 0.340 e. The molecule has 0 bridgehead atoms. The number of non-ortho nitro benzene ring substituents is 1. The molecule has 0 aromatic heterocycles. The number of esters is 1. The second kappa shape index (κ2) is 7.44. The highest BCUT2D eigenvalue weighted by Crippen LogP contribution is 2.22. The molecule has 0 aliphatic rings. The first-order chi connectivity index (χ1) is 9.45. The smallest absolute Gasteiger partial charge is 0.340 e. The number of nitrogens with one attached hydrogen (secondary N) is 1. The number of hydrogen-bond acceptors (Lipinski definition) is 5. The largest absolute Gasteiger partial charge is 0.452 e. The predicted molar refractivity (Wildman–Crippen MR) is 71.7 cm³/mol. The Labute approximate surface area is 120 Å². The van der Waals surface area contributed by atoms with Crippen molar-refractivity contribution in [1.82, 2.24) is 5.32 Å². The van der Waals surface area contributed by atoms with E-state index in [1.54, 1.807) is 0 Å². The number of carbonyl (C=O) groups is 2. The van der Waals surface area contributed by atoms with Crippen molar-refractivity contribution in [1.29, 1.82) is 0 Å². The Balaban J connectivity index is 2.70. The van der Waals surface area contributed by atoms with E-state index < -0.39 is 23.4 Å². The molecular formula is C12H13ClN2O5. The highest BCUT2D eigenvalue weighted by atomic mass is 35.5. The van der Waals surface area contributed by atoms with Crippen LogP contribution in [0.2, 0.25) is 5.02 Å². The number of nitro groups is 1. The molecule has 0 saturated carbocycles. The monoisotopic (exact) mass is 300 g/mol. The molecule has 0 heterocycles. The summed E-state index contributed by atoms with van der Waals surface area (Å²) in [6, 6.07) is 3.41. The lowest BCUT2D eigenvalue weighted by atomic mass is 10.2. The maximum atomic E-state index is 11.7. The van der Waals surface area contributed by atoms with E-state index in [0.717, 1.165) is 12.5 Å². The molecule has 1 aromatic carbocycles. The van der Waals surface area contributed by atoms with Gasteiger partial charge in [0, 0.05) is 18.7 Å². The average molecular weight is 301 g/mol. The van der Waals surface area contributed by atoms with E-state index >= 15 is 0 Å². The lowest BCUT2D eigenvalue weighted by molar-refractivity contribution is -0.384. The highest BCUT2D eigenvalue weighted by molar-refractivity contribution is 6.33. The van der Waals surface area contributed by atoms with Crippen LogP contribution in [0.1, 0.15) is 23.7 Å². The number of hydrogen-bond donors (Lipinski definition) is 1. The van der Waals surface area contributed by atoms with E-state index in [4.69, 9.17) is 16.3 Å². The fraction of sp³-hybridized carbons (Fsp3) is 0.333. The number of benzene rings is 1. The van der Waals surface area contributed by atoms with E-state index in [2.05, 4.69) is 5.32 Å². The van der Waals surface area contributed by atoms with Gasteiger partial charge in [0.05, 0.1) is 15.5 Å². The van der Waals surface area contributed by atoms with Crippen LogP contribution in [0.5, 0.6) is 0 Å². The fourth-order valence-corrected chi connectivity index (χ4v) is 1.50. The molecule has 20 heavy (non-hydrogen) atoms. The minimum Gasteiger partial charge on any atom is -0.452 e. The summed E-state index contributed by atoms with van der Waals surface area (Å²) in [7, 11) is 0. The molecule has 0 saturated heterocycles. The van der Waals surface area contributed by atoms with Gasteiger partial charge in [0.2, 0.25) is 0 Å². The molecule has 0 aliphatic carbocycles. The van der Waals surface area contributed by atoms with E-state index in [0.29, 0.717) is 6.54 Å². The van der Waals surface area contributed by atoms with Gasteiger partial charge in [-0.05, 0) is 12.5 Å². The summed E-state index contributed by atoms with van der Waals surface area (Å²) in [5, 5.41) is 13.2. The van der Waals surface area contributed by atoms with Gasteiger partial charge < -0.3 is 10.1 Å². The minimum absolute atomic E-state index is 0.0227. The Kier molecular flexibility index (Phi) is 5.92. The molecule has 0 spiro atoms. The van der Waals surface area contributed by atoms with Gasteiger partial charge in [0.25, 0.3) is 11.6 Å². The van der Waals surface area contributed by atoms with Crippen molar-refractivity contribution in [2.24, 2.45) is 0 Å². The second-order valence-corrected chi connectivity index (χ2v) is 4.25. The van der Waals surface area contributed by atoms with E-state index in [-0.39, 0.29) is 16.3 Å². The minimum atomic E-state index is -0.884. The van der Waals surface area contributed by atoms with Crippen LogP contribution in [0.15, 0.2) is 18.2 Å². The van der Waals surface area contributed by atoms with Crippen LogP contribution in [0, 0.1) is 10.1 Å². The van der Waals surface area contributed by atoms with Crippen molar-refractivity contribution in [3.63, 3.8) is 0 Å². The third-order valence-electron chi connectivity index (χ3n) is 2.29. The highest BCUT2D eigenvalue weighted by Gasteiger charge is 2.17. The molecule has 7 nitrogen and oxygen atoms in total. The molecule has 1 N–H and O–H groups in total. The molecule has 0 atom stereocenters. The van der Waals surface area contributed by atoms with Crippen molar-refractivity contribution < 1.29 is 19.2 Å². The zero-order valence-electron chi connectivity index (χ0n) is 10.7. The molecule has 0 unspecified atom stereocenters. The standard InChI is InChI=1S/C12H13ClN2O5/c1-2-5-14-11(16)7-20-12(17)9-6-8(15(18)19)3-4-10(9)13/h3-4,6H,2,5,7H2,1H3,(H,14,16). The van der Waals surface area contributed by atoms with E-state index in [1.165, 1.54) is 12.1 Å². The number of amides is 1. The molecule has 1 rings (SSSR count). The number of rotatable bonds is 6. The molecule has 1 aromatic rings. The number of nitro benzene ring substituents is 1. The Hall–Kier alpha value is -2.15. The summed E-state index contributed by atoms with van der Waals surface area (Å²) in [6.07, 6.45) is 0.760. The molecular weight excluding hydrogens is 288 g/mol. The zero-order chi connectivity index (χ0) is 15.1. The molecule has 0 fully saturated rings. The van der Waals surface area contributed by atoms with Gasteiger partial charge in [-0.15, -0.1) is 0 Å². The lowest BCUT2D eigenvalue weighted by Gasteiger charge is -2.06. The Morgan fingerprint density at radius 2 is 2.15 bits per heavy atom. The summed E-state index contributed by atoms with van der Waals surface area (Å²) in [5.41, 5.74) is -0.430. The first-order valence-corrected chi connectivity index (χ1v) is 6.21. The number of nitrogens with zero attached hydrogens (tertiary/aromatic N) is 1. The predicted octanol–water partition coefficient (Wildman–Crippen LogP) is 1.93. The Morgan fingerprint density at radius 1 is 1.45 bits per heavy atom. The summed E-state index contributed by atoms with van der Waals surface area (Å²) in [4.78, 5) is 32.9. The molecule has 0 radical (unpaired) electrons. The van der Waals surface area contributed by atoms with Gasteiger partial charge in [-0.2, -0.15) is 0 Å².